The van der Waals surface area contributed by atoms with E-state index in [9.17, 15) is 0 Å². The second-order valence-electron chi connectivity index (χ2n) is 5.17. The monoisotopic (exact) mass is 331 g/mol. The van der Waals surface area contributed by atoms with Gasteiger partial charge in [0.25, 0.3) is 0 Å². The molecule has 0 fully saturated rings. The summed E-state index contributed by atoms with van der Waals surface area (Å²) >= 11 is 6.25. The van der Waals surface area contributed by atoms with Crippen molar-refractivity contribution < 1.29 is 9.47 Å². The SMILES string of the molecule is Cc1nnc2c(NCc3cc(Cl)c4c(c3)OCCO4)nccn12. The molecule has 4 rings (SSSR count). The number of benzene rings is 1. The number of nitrogens with one attached hydrogen (secondary N) is 1. The van der Waals surface area contributed by atoms with Crippen molar-refractivity contribution in [3.63, 3.8) is 0 Å². The smallest absolute Gasteiger partial charge is 0.203 e. The third kappa shape index (κ3) is 2.53. The zero-order valence-electron chi connectivity index (χ0n) is 12.4. The summed E-state index contributed by atoms with van der Waals surface area (Å²) in [7, 11) is 0. The molecule has 0 amide bonds. The Bertz CT molecular complexity index is 880. The van der Waals surface area contributed by atoms with Crippen molar-refractivity contribution in [3.05, 3.63) is 40.9 Å². The molecule has 3 heterocycles. The van der Waals surface area contributed by atoms with E-state index in [1.807, 2.05) is 29.7 Å². The Morgan fingerprint density at radius 2 is 2.13 bits per heavy atom. The van der Waals surface area contributed by atoms with Crippen LogP contribution in [0.15, 0.2) is 24.5 Å². The first-order valence-corrected chi connectivity index (χ1v) is 7.58. The molecule has 0 spiro atoms. The Hall–Kier alpha value is -2.54. The highest BCUT2D eigenvalue weighted by Gasteiger charge is 2.17. The molecule has 1 aliphatic rings. The fourth-order valence-corrected chi connectivity index (χ4v) is 2.81. The molecule has 0 atom stereocenters. The van der Waals surface area contributed by atoms with Crippen LogP contribution in [0, 0.1) is 6.92 Å². The topological polar surface area (TPSA) is 73.6 Å². The lowest BCUT2D eigenvalue weighted by Crippen LogP contribution is -2.16. The van der Waals surface area contributed by atoms with E-state index in [-0.39, 0.29) is 0 Å². The minimum Gasteiger partial charge on any atom is -0.486 e. The predicted molar refractivity (Wildman–Crippen MR) is 85.3 cm³/mol. The van der Waals surface area contributed by atoms with E-state index in [2.05, 4.69) is 20.5 Å². The van der Waals surface area contributed by atoms with Gasteiger partial charge in [0.1, 0.15) is 19.0 Å². The minimum absolute atomic E-state index is 0.516. The summed E-state index contributed by atoms with van der Waals surface area (Å²) in [6, 6.07) is 3.78. The van der Waals surface area contributed by atoms with Crippen LogP contribution in [0.5, 0.6) is 11.5 Å². The van der Waals surface area contributed by atoms with Crippen LogP contribution in [0.3, 0.4) is 0 Å². The quantitative estimate of drug-likeness (QED) is 0.794. The van der Waals surface area contributed by atoms with Gasteiger partial charge in [-0.05, 0) is 24.6 Å². The van der Waals surface area contributed by atoms with E-state index in [1.54, 1.807) is 6.20 Å². The number of rotatable bonds is 3. The van der Waals surface area contributed by atoms with Crippen molar-refractivity contribution in [2.24, 2.45) is 0 Å². The summed E-state index contributed by atoms with van der Waals surface area (Å²) in [4.78, 5) is 4.32. The van der Waals surface area contributed by atoms with Crippen LogP contribution in [0.4, 0.5) is 5.82 Å². The summed E-state index contributed by atoms with van der Waals surface area (Å²) in [5.41, 5.74) is 1.66. The van der Waals surface area contributed by atoms with Gasteiger partial charge in [-0.1, -0.05) is 11.6 Å². The van der Waals surface area contributed by atoms with Crippen molar-refractivity contribution >= 4 is 23.1 Å². The maximum atomic E-state index is 6.25. The zero-order valence-corrected chi connectivity index (χ0v) is 13.2. The van der Waals surface area contributed by atoms with Gasteiger partial charge in [0.15, 0.2) is 17.3 Å². The highest BCUT2D eigenvalue weighted by atomic mass is 35.5. The molecule has 118 valence electrons. The van der Waals surface area contributed by atoms with Crippen molar-refractivity contribution in [2.45, 2.75) is 13.5 Å². The molecule has 7 nitrogen and oxygen atoms in total. The Morgan fingerprint density at radius 1 is 1.26 bits per heavy atom. The van der Waals surface area contributed by atoms with Gasteiger partial charge < -0.3 is 14.8 Å². The minimum atomic E-state index is 0.516. The number of hydrogen-bond donors (Lipinski definition) is 1. The number of ether oxygens (including phenoxy) is 2. The van der Waals surface area contributed by atoms with E-state index >= 15 is 0 Å². The molecule has 0 aliphatic carbocycles. The number of hydrogen-bond acceptors (Lipinski definition) is 6. The summed E-state index contributed by atoms with van der Waals surface area (Å²) in [6.07, 6.45) is 3.54. The standard InChI is InChI=1S/C15H14ClN5O2/c1-9-19-20-15-14(17-2-3-21(9)15)18-8-10-6-11(16)13-12(7-10)22-4-5-23-13/h2-3,6-7H,4-5,8H2,1H3,(H,17,18). The van der Waals surface area contributed by atoms with E-state index in [0.717, 1.165) is 11.4 Å². The van der Waals surface area contributed by atoms with Crippen molar-refractivity contribution in [2.75, 3.05) is 18.5 Å². The molecule has 0 saturated heterocycles. The lowest BCUT2D eigenvalue weighted by molar-refractivity contribution is 0.171. The fraction of sp³-hybridized carbons (Fsp3) is 0.267. The van der Waals surface area contributed by atoms with Gasteiger partial charge >= 0.3 is 0 Å². The normalized spacial score (nSPS) is 13.3. The molecule has 8 heteroatoms. The molecule has 0 radical (unpaired) electrons. The fourth-order valence-electron chi connectivity index (χ4n) is 2.52. The molecule has 23 heavy (non-hydrogen) atoms. The molecular formula is C15H14ClN5O2. The molecule has 0 unspecified atom stereocenters. The van der Waals surface area contributed by atoms with Gasteiger partial charge in [0.2, 0.25) is 5.65 Å². The second-order valence-corrected chi connectivity index (χ2v) is 5.58. The Morgan fingerprint density at radius 3 is 3.04 bits per heavy atom. The Kier molecular flexibility index (Phi) is 3.42. The van der Waals surface area contributed by atoms with Gasteiger partial charge in [-0.15, -0.1) is 10.2 Å². The molecule has 0 saturated carbocycles. The van der Waals surface area contributed by atoms with Gasteiger partial charge in [-0.3, -0.25) is 4.40 Å². The number of aromatic nitrogens is 4. The molecule has 1 N–H and O–H groups in total. The average molecular weight is 332 g/mol. The van der Waals surface area contributed by atoms with Crippen LogP contribution >= 0.6 is 11.6 Å². The third-order valence-electron chi connectivity index (χ3n) is 3.61. The lowest BCUT2D eigenvalue weighted by Gasteiger charge is -2.20. The first kappa shape index (κ1) is 14.1. The van der Waals surface area contributed by atoms with Gasteiger partial charge in [0.05, 0.1) is 5.02 Å². The number of anilines is 1. The van der Waals surface area contributed by atoms with Crippen molar-refractivity contribution in [1.82, 2.24) is 19.6 Å². The summed E-state index contributed by atoms with van der Waals surface area (Å²) in [5.74, 6) is 2.76. The predicted octanol–water partition coefficient (Wildman–Crippen LogP) is 2.47. The van der Waals surface area contributed by atoms with E-state index in [1.165, 1.54) is 0 Å². The van der Waals surface area contributed by atoms with Gasteiger partial charge in [-0.2, -0.15) is 0 Å². The molecule has 0 bridgehead atoms. The molecule has 2 aromatic heterocycles. The maximum Gasteiger partial charge on any atom is 0.203 e. The Labute approximate surface area is 137 Å². The molecule has 1 aromatic carbocycles. The van der Waals surface area contributed by atoms with Crippen LogP contribution in [-0.2, 0) is 6.54 Å². The van der Waals surface area contributed by atoms with Crippen LogP contribution < -0.4 is 14.8 Å². The first-order chi connectivity index (χ1) is 11.2. The summed E-state index contributed by atoms with van der Waals surface area (Å²) in [5, 5.41) is 12.0. The number of aryl methyl sites for hydroxylation is 1. The van der Waals surface area contributed by atoms with Crippen LogP contribution in [0.1, 0.15) is 11.4 Å². The van der Waals surface area contributed by atoms with Crippen molar-refractivity contribution in [1.29, 1.82) is 0 Å². The average Bonchev–Trinajstić information content (AvgIpc) is 2.95. The largest absolute Gasteiger partial charge is 0.486 e. The summed E-state index contributed by atoms with van der Waals surface area (Å²) in [6.45, 7) is 3.47. The van der Waals surface area contributed by atoms with Crippen LogP contribution in [0.25, 0.3) is 5.65 Å². The Balaban J connectivity index is 1.60. The highest BCUT2D eigenvalue weighted by Crippen LogP contribution is 2.38. The zero-order chi connectivity index (χ0) is 15.8. The van der Waals surface area contributed by atoms with E-state index < -0.39 is 0 Å². The third-order valence-corrected chi connectivity index (χ3v) is 3.89. The van der Waals surface area contributed by atoms with E-state index in [0.29, 0.717) is 47.7 Å². The number of fused-ring (bicyclic) bond motifs is 2. The number of halogens is 1. The second kappa shape index (κ2) is 5.58. The maximum absolute atomic E-state index is 6.25. The first-order valence-electron chi connectivity index (χ1n) is 7.20. The van der Waals surface area contributed by atoms with Crippen LogP contribution in [-0.4, -0.2) is 32.8 Å². The lowest BCUT2D eigenvalue weighted by atomic mass is 10.2. The van der Waals surface area contributed by atoms with E-state index in [4.69, 9.17) is 21.1 Å². The molecule has 1 aliphatic heterocycles. The molecular weight excluding hydrogens is 318 g/mol. The van der Waals surface area contributed by atoms with Gasteiger partial charge in [0, 0.05) is 18.9 Å². The van der Waals surface area contributed by atoms with Gasteiger partial charge in [-0.25, -0.2) is 4.98 Å². The highest BCUT2D eigenvalue weighted by molar-refractivity contribution is 6.32. The van der Waals surface area contributed by atoms with Crippen molar-refractivity contribution in [3.8, 4) is 11.5 Å². The summed E-state index contributed by atoms with van der Waals surface area (Å²) < 4.78 is 13.0. The van der Waals surface area contributed by atoms with Crippen LogP contribution in [0.2, 0.25) is 5.02 Å². The molecule has 3 aromatic rings. The number of nitrogens with zero attached hydrogens (tertiary/aromatic N) is 4.